The van der Waals surface area contributed by atoms with Gasteiger partial charge in [0.1, 0.15) is 11.4 Å². The standard InChI is InChI=1S/C21H22N6O2/c28-19(16-14-24-27-12-3-11-23-18(16)27)25-15-5-7-21(8-6-15)9-13-26(20(21)29)17-4-1-2-10-22-17/h1-4,10-12,14-15H,5-9,13H2,(H,25,28). The summed E-state index contributed by atoms with van der Waals surface area (Å²) in [6.45, 7) is 0.709. The van der Waals surface area contributed by atoms with E-state index in [0.29, 0.717) is 17.8 Å². The second-order valence-electron chi connectivity index (χ2n) is 7.87. The van der Waals surface area contributed by atoms with Crippen LogP contribution in [0.1, 0.15) is 42.5 Å². The second kappa shape index (κ2) is 6.95. The van der Waals surface area contributed by atoms with Crippen molar-refractivity contribution in [3.05, 3.63) is 54.6 Å². The van der Waals surface area contributed by atoms with E-state index in [1.165, 1.54) is 0 Å². The van der Waals surface area contributed by atoms with Crippen LogP contribution in [-0.4, -0.2) is 44.0 Å². The highest BCUT2D eigenvalue weighted by Crippen LogP contribution is 2.45. The van der Waals surface area contributed by atoms with Gasteiger partial charge in [-0.3, -0.25) is 14.5 Å². The molecule has 0 unspecified atom stereocenters. The molecule has 1 spiro atoms. The number of nitrogens with zero attached hydrogens (tertiary/aromatic N) is 5. The van der Waals surface area contributed by atoms with E-state index in [4.69, 9.17) is 0 Å². The van der Waals surface area contributed by atoms with Crippen molar-refractivity contribution in [3.8, 4) is 0 Å². The minimum absolute atomic E-state index is 0.0588. The first-order chi connectivity index (χ1) is 14.2. The highest BCUT2D eigenvalue weighted by atomic mass is 16.2. The first-order valence-electron chi connectivity index (χ1n) is 9.99. The number of carbonyl (C=O) groups is 2. The van der Waals surface area contributed by atoms with Crippen molar-refractivity contribution in [1.29, 1.82) is 0 Å². The number of hydrogen-bond donors (Lipinski definition) is 1. The van der Waals surface area contributed by atoms with Crippen LogP contribution >= 0.6 is 0 Å². The van der Waals surface area contributed by atoms with Crippen molar-refractivity contribution in [3.63, 3.8) is 0 Å². The summed E-state index contributed by atoms with van der Waals surface area (Å²) in [5, 5.41) is 7.28. The van der Waals surface area contributed by atoms with Crippen LogP contribution in [0.15, 0.2) is 49.1 Å². The molecule has 5 rings (SSSR count). The van der Waals surface area contributed by atoms with E-state index in [0.717, 1.165) is 37.9 Å². The molecule has 1 saturated carbocycles. The van der Waals surface area contributed by atoms with Crippen LogP contribution in [-0.2, 0) is 4.79 Å². The van der Waals surface area contributed by atoms with Crippen LogP contribution in [0.3, 0.4) is 0 Å². The SMILES string of the molecule is O=C(NC1CCC2(CC1)CCN(c1ccccn1)C2=O)c1cnn2cccnc12. The van der Waals surface area contributed by atoms with Gasteiger partial charge >= 0.3 is 0 Å². The van der Waals surface area contributed by atoms with Crippen molar-refractivity contribution in [2.45, 2.75) is 38.1 Å². The molecule has 3 aromatic heterocycles. The molecule has 3 aromatic rings. The molecule has 0 bridgehead atoms. The molecule has 1 saturated heterocycles. The average molecular weight is 390 g/mol. The van der Waals surface area contributed by atoms with Crippen LogP contribution in [0.5, 0.6) is 0 Å². The predicted molar refractivity (Wildman–Crippen MR) is 106 cm³/mol. The lowest BCUT2D eigenvalue weighted by atomic mass is 9.71. The summed E-state index contributed by atoms with van der Waals surface area (Å²) in [5.41, 5.74) is 0.712. The molecule has 148 valence electrons. The van der Waals surface area contributed by atoms with E-state index in [1.807, 2.05) is 23.1 Å². The summed E-state index contributed by atoms with van der Waals surface area (Å²) >= 11 is 0. The number of rotatable bonds is 3. The van der Waals surface area contributed by atoms with Gasteiger partial charge in [-0.05, 0) is 50.3 Å². The fraction of sp³-hybridized carbons (Fsp3) is 0.381. The maximum atomic E-state index is 13.1. The molecule has 0 radical (unpaired) electrons. The molecule has 0 aromatic carbocycles. The zero-order chi connectivity index (χ0) is 19.8. The Kier molecular flexibility index (Phi) is 4.26. The average Bonchev–Trinajstić information content (AvgIpc) is 3.33. The Balaban J connectivity index is 1.24. The van der Waals surface area contributed by atoms with Gasteiger partial charge in [0, 0.05) is 31.2 Å². The van der Waals surface area contributed by atoms with Crippen LogP contribution in [0.25, 0.3) is 5.65 Å². The lowest BCUT2D eigenvalue weighted by Crippen LogP contribution is -2.44. The summed E-state index contributed by atoms with van der Waals surface area (Å²) in [6.07, 6.45) is 10.7. The van der Waals surface area contributed by atoms with Crippen molar-refractivity contribution in [2.75, 3.05) is 11.4 Å². The fourth-order valence-corrected chi connectivity index (χ4v) is 4.58. The predicted octanol–water partition coefficient (Wildman–Crippen LogP) is 2.22. The number of fused-ring (bicyclic) bond motifs is 1. The zero-order valence-electron chi connectivity index (χ0n) is 16.0. The largest absolute Gasteiger partial charge is 0.349 e. The summed E-state index contributed by atoms with van der Waals surface area (Å²) < 4.78 is 1.59. The molecule has 2 fully saturated rings. The Labute approximate surface area is 168 Å². The van der Waals surface area contributed by atoms with E-state index in [9.17, 15) is 9.59 Å². The van der Waals surface area contributed by atoms with E-state index in [-0.39, 0.29) is 23.3 Å². The molecule has 2 aliphatic rings. The Hall–Kier alpha value is -3.29. The molecule has 4 heterocycles. The Morgan fingerprint density at radius 3 is 2.72 bits per heavy atom. The topological polar surface area (TPSA) is 92.5 Å². The molecule has 1 aliphatic heterocycles. The summed E-state index contributed by atoms with van der Waals surface area (Å²) in [4.78, 5) is 36.2. The molecule has 1 aliphatic carbocycles. The molecule has 8 nitrogen and oxygen atoms in total. The van der Waals surface area contributed by atoms with Gasteiger partial charge in [-0.2, -0.15) is 5.10 Å². The van der Waals surface area contributed by atoms with Crippen molar-refractivity contribution in [2.24, 2.45) is 5.41 Å². The number of carbonyl (C=O) groups excluding carboxylic acids is 2. The van der Waals surface area contributed by atoms with Crippen LogP contribution < -0.4 is 10.2 Å². The minimum Gasteiger partial charge on any atom is -0.349 e. The fourth-order valence-electron chi connectivity index (χ4n) is 4.58. The summed E-state index contributed by atoms with van der Waals surface area (Å²) in [5.74, 6) is 0.741. The van der Waals surface area contributed by atoms with Gasteiger partial charge in [-0.1, -0.05) is 6.07 Å². The van der Waals surface area contributed by atoms with Crippen molar-refractivity contribution < 1.29 is 9.59 Å². The molecular formula is C21H22N6O2. The van der Waals surface area contributed by atoms with Gasteiger partial charge in [-0.15, -0.1) is 0 Å². The maximum Gasteiger partial charge on any atom is 0.256 e. The Morgan fingerprint density at radius 1 is 1.10 bits per heavy atom. The van der Waals surface area contributed by atoms with Crippen LogP contribution in [0.4, 0.5) is 5.82 Å². The van der Waals surface area contributed by atoms with Gasteiger partial charge < -0.3 is 5.32 Å². The third kappa shape index (κ3) is 3.04. The number of pyridine rings is 1. The van der Waals surface area contributed by atoms with E-state index in [1.54, 1.807) is 35.4 Å². The highest BCUT2D eigenvalue weighted by Gasteiger charge is 2.49. The van der Waals surface area contributed by atoms with Gasteiger partial charge in [0.05, 0.1) is 11.6 Å². The normalized spacial score (nSPS) is 24.3. The quantitative estimate of drug-likeness (QED) is 0.740. The number of aromatic nitrogens is 4. The van der Waals surface area contributed by atoms with Gasteiger partial charge in [0.15, 0.2) is 5.65 Å². The van der Waals surface area contributed by atoms with Crippen molar-refractivity contribution in [1.82, 2.24) is 24.9 Å². The molecule has 8 heteroatoms. The minimum atomic E-state index is -0.315. The van der Waals surface area contributed by atoms with Crippen LogP contribution in [0, 0.1) is 5.41 Å². The summed E-state index contributed by atoms with van der Waals surface area (Å²) in [6, 6.07) is 7.47. The van der Waals surface area contributed by atoms with Gasteiger partial charge in [-0.25, -0.2) is 14.5 Å². The molecule has 29 heavy (non-hydrogen) atoms. The lowest BCUT2D eigenvalue weighted by Gasteiger charge is -2.35. The first kappa shape index (κ1) is 17.8. The Bertz CT molecular complexity index is 1060. The number of nitrogens with one attached hydrogen (secondary N) is 1. The van der Waals surface area contributed by atoms with E-state index < -0.39 is 0 Å². The molecular weight excluding hydrogens is 368 g/mol. The van der Waals surface area contributed by atoms with E-state index >= 15 is 0 Å². The number of anilines is 1. The lowest BCUT2D eigenvalue weighted by molar-refractivity contribution is -0.127. The van der Waals surface area contributed by atoms with Gasteiger partial charge in [0.25, 0.3) is 5.91 Å². The first-order valence-corrected chi connectivity index (χ1v) is 9.99. The molecule has 0 atom stereocenters. The van der Waals surface area contributed by atoms with E-state index in [2.05, 4.69) is 20.4 Å². The van der Waals surface area contributed by atoms with Gasteiger partial charge in [0.2, 0.25) is 5.91 Å². The number of amides is 2. The molecule has 1 N–H and O–H groups in total. The Morgan fingerprint density at radius 2 is 1.93 bits per heavy atom. The third-order valence-electron chi connectivity index (χ3n) is 6.24. The molecule has 2 amide bonds. The number of hydrogen-bond acceptors (Lipinski definition) is 5. The smallest absolute Gasteiger partial charge is 0.256 e. The second-order valence-corrected chi connectivity index (χ2v) is 7.87. The van der Waals surface area contributed by atoms with Crippen LogP contribution in [0.2, 0.25) is 0 Å². The maximum absolute atomic E-state index is 13.1. The van der Waals surface area contributed by atoms with Crippen molar-refractivity contribution >= 4 is 23.3 Å². The monoisotopic (exact) mass is 390 g/mol. The highest BCUT2D eigenvalue weighted by molar-refractivity contribution is 6.00. The summed E-state index contributed by atoms with van der Waals surface area (Å²) in [7, 11) is 0. The zero-order valence-corrected chi connectivity index (χ0v) is 16.0. The third-order valence-corrected chi connectivity index (χ3v) is 6.24.